The fourth-order valence-electron chi connectivity index (χ4n) is 1.29. The Hall–Kier alpha value is -1.09. The summed E-state index contributed by atoms with van der Waals surface area (Å²) in [6.07, 6.45) is 0. The van der Waals surface area contributed by atoms with Gasteiger partial charge in [0.25, 0.3) is 0 Å². The van der Waals surface area contributed by atoms with Gasteiger partial charge in [-0.2, -0.15) is 0 Å². The second kappa shape index (κ2) is 3.74. The lowest BCUT2D eigenvalue weighted by Crippen LogP contribution is -2.06. The van der Waals surface area contributed by atoms with Crippen LogP contribution in [0.15, 0.2) is 12.1 Å². The molecule has 0 amide bonds. The molecule has 0 saturated carbocycles. The van der Waals surface area contributed by atoms with E-state index in [4.69, 9.17) is 4.43 Å². The first-order valence-corrected chi connectivity index (χ1v) is 5.04. The highest BCUT2D eigenvalue weighted by molar-refractivity contribution is 6.09. The number of benzene rings is 1. The van der Waals surface area contributed by atoms with Gasteiger partial charge in [-0.15, -0.1) is 0 Å². The Bertz CT molecular complexity index is 345. The van der Waals surface area contributed by atoms with Crippen LogP contribution in [0.5, 0.6) is 0 Å². The number of carbonyl (C=O) groups is 1. The monoisotopic (exact) mass is 194 g/mol. The summed E-state index contributed by atoms with van der Waals surface area (Å²) in [5.41, 5.74) is 4.10. The topological polar surface area (TPSA) is 26.3 Å². The molecule has 1 aromatic carbocycles. The first-order valence-electron chi connectivity index (χ1n) is 4.23. The van der Waals surface area contributed by atoms with Crippen LogP contribution in [0, 0.1) is 20.8 Å². The standard InChI is InChI=1S/C10H14O2Si/c1-6-4-5-9(10(11)12-13)8(3)7(6)2/h4-5H,1-3,13H3. The molecule has 0 spiro atoms. The Morgan fingerprint density at radius 3 is 2.38 bits per heavy atom. The van der Waals surface area contributed by atoms with Gasteiger partial charge in [-0.1, -0.05) is 6.07 Å². The predicted octanol–water partition coefficient (Wildman–Crippen LogP) is 1.05. The quantitative estimate of drug-likeness (QED) is 0.625. The number of hydrogen-bond acceptors (Lipinski definition) is 2. The van der Waals surface area contributed by atoms with Gasteiger partial charge in [0.2, 0.25) is 10.5 Å². The third-order valence-corrected chi connectivity index (χ3v) is 2.83. The first kappa shape index (κ1) is 9.99. The summed E-state index contributed by atoms with van der Waals surface area (Å²) in [6.45, 7) is 6.02. The van der Waals surface area contributed by atoms with Crippen molar-refractivity contribution in [2.45, 2.75) is 20.8 Å². The highest BCUT2D eigenvalue weighted by Gasteiger charge is 2.10. The van der Waals surface area contributed by atoms with Crippen molar-refractivity contribution in [2.75, 3.05) is 0 Å². The molecule has 0 bridgehead atoms. The SMILES string of the molecule is Cc1ccc(C(=O)O[SiH3])c(C)c1C. The summed E-state index contributed by atoms with van der Waals surface area (Å²) in [4.78, 5) is 11.3. The van der Waals surface area contributed by atoms with Gasteiger partial charge in [-0.05, 0) is 43.5 Å². The summed E-state index contributed by atoms with van der Waals surface area (Å²) in [7, 11) is 0.452. The zero-order chi connectivity index (χ0) is 10.0. The van der Waals surface area contributed by atoms with Crippen molar-refractivity contribution >= 4 is 16.5 Å². The Morgan fingerprint density at radius 1 is 1.23 bits per heavy atom. The number of carbonyl (C=O) groups excluding carboxylic acids is 1. The summed E-state index contributed by atoms with van der Waals surface area (Å²) < 4.78 is 4.81. The lowest BCUT2D eigenvalue weighted by atomic mass is 9.99. The molecule has 0 unspecified atom stereocenters. The highest BCUT2D eigenvalue weighted by Crippen LogP contribution is 2.17. The lowest BCUT2D eigenvalue weighted by molar-refractivity contribution is 0.0749. The van der Waals surface area contributed by atoms with Gasteiger partial charge in [0.1, 0.15) is 0 Å². The largest absolute Gasteiger partial charge is 0.525 e. The minimum Gasteiger partial charge on any atom is -0.525 e. The molecule has 1 rings (SSSR count). The Labute approximate surface area is 81.5 Å². The van der Waals surface area contributed by atoms with E-state index in [-0.39, 0.29) is 5.97 Å². The van der Waals surface area contributed by atoms with Crippen LogP contribution in [0.1, 0.15) is 27.0 Å². The molecule has 0 N–H and O–H groups in total. The minimum absolute atomic E-state index is 0.202. The third kappa shape index (κ3) is 1.80. The third-order valence-electron chi connectivity index (χ3n) is 2.46. The number of hydrogen-bond donors (Lipinski definition) is 0. The van der Waals surface area contributed by atoms with E-state index in [1.807, 2.05) is 32.9 Å². The van der Waals surface area contributed by atoms with Crippen molar-refractivity contribution in [1.29, 1.82) is 0 Å². The van der Waals surface area contributed by atoms with Crippen molar-refractivity contribution in [1.82, 2.24) is 0 Å². The number of rotatable bonds is 1. The molecule has 70 valence electrons. The molecular weight excluding hydrogens is 180 g/mol. The van der Waals surface area contributed by atoms with Crippen LogP contribution in [-0.4, -0.2) is 16.5 Å². The molecule has 0 radical (unpaired) electrons. The molecule has 13 heavy (non-hydrogen) atoms. The maximum absolute atomic E-state index is 11.3. The Morgan fingerprint density at radius 2 is 1.85 bits per heavy atom. The van der Waals surface area contributed by atoms with Crippen LogP contribution in [0.4, 0.5) is 0 Å². The second-order valence-electron chi connectivity index (χ2n) is 3.17. The zero-order valence-electron chi connectivity index (χ0n) is 8.47. The smallest absolute Gasteiger partial charge is 0.324 e. The number of aryl methyl sites for hydroxylation is 1. The highest BCUT2D eigenvalue weighted by atomic mass is 28.2. The lowest BCUT2D eigenvalue weighted by Gasteiger charge is -2.09. The van der Waals surface area contributed by atoms with E-state index >= 15 is 0 Å². The summed E-state index contributed by atoms with van der Waals surface area (Å²) in [5, 5.41) is 0. The van der Waals surface area contributed by atoms with Gasteiger partial charge >= 0.3 is 5.97 Å². The van der Waals surface area contributed by atoms with Crippen molar-refractivity contribution in [2.24, 2.45) is 0 Å². The van der Waals surface area contributed by atoms with E-state index in [1.54, 1.807) is 0 Å². The van der Waals surface area contributed by atoms with E-state index in [1.165, 1.54) is 11.1 Å². The van der Waals surface area contributed by atoms with Crippen LogP contribution in [0.3, 0.4) is 0 Å². The average Bonchev–Trinajstić information content (AvgIpc) is 2.13. The van der Waals surface area contributed by atoms with Gasteiger partial charge < -0.3 is 4.43 Å². The van der Waals surface area contributed by atoms with Crippen molar-refractivity contribution < 1.29 is 9.22 Å². The Balaban J connectivity index is 3.26. The molecular formula is C10H14O2Si. The summed E-state index contributed by atoms with van der Waals surface area (Å²) >= 11 is 0. The van der Waals surface area contributed by atoms with E-state index < -0.39 is 0 Å². The summed E-state index contributed by atoms with van der Waals surface area (Å²) in [5.74, 6) is -0.202. The van der Waals surface area contributed by atoms with Crippen molar-refractivity contribution in [3.05, 3.63) is 34.4 Å². The molecule has 0 aliphatic rings. The van der Waals surface area contributed by atoms with Gasteiger partial charge in [-0.3, -0.25) is 0 Å². The van der Waals surface area contributed by atoms with E-state index in [9.17, 15) is 4.79 Å². The molecule has 3 heteroatoms. The predicted molar refractivity (Wildman–Crippen MR) is 56.0 cm³/mol. The normalized spacial score (nSPS) is 10.1. The first-order chi connectivity index (χ1) is 6.07. The maximum atomic E-state index is 11.3. The van der Waals surface area contributed by atoms with Crippen LogP contribution in [-0.2, 0) is 4.43 Å². The second-order valence-corrected chi connectivity index (χ2v) is 3.58. The molecule has 1 aromatic rings. The van der Waals surface area contributed by atoms with Crippen LogP contribution < -0.4 is 0 Å². The van der Waals surface area contributed by atoms with Gasteiger partial charge in [0, 0.05) is 0 Å². The van der Waals surface area contributed by atoms with E-state index in [2.05, 4.69) is 0 Å². The maximum Gasteiger partial charge on any atom is 0.324 e. The molecule has 0 aliphatic heterocycles. The van der Waals surface area contributed by atoms with Crippen LogP contribution >= 0.6 is 0 Å². The molecule has 0 heterocycles. The molecule has 0 saturated heterocycles. The Kier molecular flexibility index (Phi) is 2.88. The van der Waals surface area contributed by atoms with Gasteiger partial charge in [0.05, 0.1) is 5.56 Å². The van der Waals surface area contributed by atoms with Crippen molar-refractivity contribution in [3.8, 4) is 0 Å². The molecule has 0 atom stereocenters. The van der Waals surface area contributed by atoms with E-state index in [0.717, 1.165) is 5.56 Å². The molecule has 0 aliphatic carbocycles. The van der Waals surface area contributed by atoms with Gasteiger partial charge in [0.15, 0.2) is 0 Å². The van der Waals surface area contributed by atoms with E-state index in [0.29, 0.717) is 16.0 Å². The van der Waals surface area contributed by atoms with Crippen LogP contribution in [0.25, 0.3) is 0 Å². The fourth-order valence-corrected chi connectivity index (χ4v) is 1.51. The zero-order valence-corrected chi connectivity index (χ0v) is 10.5. The molecule has 0 aromatic heterocycles. The van der Waals surface area contributed by atoms with Gasteiger partial charge in [-0.25, -0.2) is 4.79 Å². The minimum atomic E-state index is -0.202. The molecule has 2 nitrogen and oxygen atoms in total. The van der Waals surface area contributed by atoms with Crippen LogP contribution in [0.2, 0.25) is 0 Å². The molecule has 0 fully saturated rings. The summed E-state index contributed by atoms with van der Waals surface area (Å²) in [6, 6.07) is 3.79. The van der Waals surface area contributed by atoms with Crippen molar-refractivity contribution in [3.63, 3.8) is 0 Å². The average molecular weight is 194 g/mol. The fraction of sp³-hybridized carbons (Fsp3) is 0.300.